The highest BCUT2D eigenvalue weighted by molar-refractivity contribution is 7.98. The van der Waals surface area contributed by atoms with Gasteiger partial charge in [-0.15, -0.1) is 11.8 Å². The van der Waals surface area contributed by atoms with Crippen molar-refractivity contribution in [3.05, 3.63) is 6.33 Å². The summed E-state index contributed by atoms with van der Waals surface area (Å²) >= 11 is 1.56. The minimum atomic E-state index is 0.676. The lowest BCUT2D eigenvalue weighted by atomic mass is 10.3. The molecule has 1 amide bonds. The summed E-state index contributed by atoms with van der Waals surface area (Å²) in [4.78, 5) is 35.5. The van der Waals surface area contributed by atoms with Gasteiger partial charge in [-0.1, -0.05) is 0 Å². The van der Waals surface area contributed by atoms with Crippen molar-refractivity contribution in [1.82, 2.24) is 24.8 Å². The van der Waals surface area contributed by atoms with E-state index in [1.54, 1.807) is 23.0 Å². The van der Waals surface area contributed by atoms with E-state index in [1.807, 2.05) is 6.26 Å². The Bertz CT molecular complexity index is 792. The fourth-order valence-corrected chi connectivity index (χ4v) is 3.70. The lowest BCUT2D eigenvalue weighted by molar-refractivity contribution is -0.118. The van der Waals surface area contributed by atoms with Gasteiger partial charge < -0.3 is 19.4 Å². The molecule has 2 fully saturated rings. The highest BCUT2D eigenvalue weighted by Crippen LogP contribution is 2.30. The van der Waals surface area contributed by atoms with E-state index in [0.29, 0.717) is 32.3 Å². The zero-order chi connectivity index (χ0) is 17.9. The summed E-state index contributed by atoms with van der Waals surface area (Å²) in [5.74, 6) is 1.51. The zero-order valence-corrected chi connectivity index (χ0v) is 15.5. The van der Waals surface area contributed by atoms with Crippen LogP contribution in [-0.4, -0.2) is 90.0 Å². The highest BCUT2D eigenvalue weighted by atomic mass is 32.2. The second-order valence-corrected chi connectivity index (χ2v) is 6.95. The molecule has 4 rings (SSSR count). The predicted octanol–water partition coefficient (Wildman–Crippen LogP) is 0.257. The smallest absolute Gasteiger partial charge is 0.228 e. The fraction of sp³-hybridized carbons (Fsp3) is 0.562. The number of morpholine rings is 1. The molecule has 0 spiro atoms. The Kier molecular flexibility index (Phi) is 5.02. The SMILES string of the molecule is CSc1ncnc2c(N3CCOCC3)nc(N3CCN(C=O)CC3)nc12. The number of carbonyl (C=O) groups excluding carboxylic acids is 1. The zero-order valence-electron chi connectivity index (χ0n) is 14.7. The van der Waals surface area contributed by atoms with E-state index in [9.17, 15) is 4.79 Å². The molecular weight excluding hydrogens is 354 g/mol. The van der Waals surface area contributed by atoms with Gasteiger partial charge in [0.2, 0.25) is 12.4 Å². The maximum absolute atomic E-state index is 11.0. The van der Waals surface area contributed by atoms with Gasteiger partial charge in [-0.25, -0.2) is 15.0 Å². The van der Waals surface area contributed by atoms with E-state index in [4.69, 9.17) is 14.7 Å². The van der Waals surface area contributed by atoms with Crippen LogP contribution in [0.2, 0.25) is 0 Å². The second kappa shape index (κ2) is 7.58. The first-order chi connectivity index (χ1) is 12.8. The molecule has 10 heteroatoms. The molecule has 26 heavy (non-hydrogen) atoms. The molecule has 9 nitrogen and oxygen atoms in total. The maximum atomic E-state index is 11.0. The molecule has 2 aliphatic heterocycles. The number of anilines is 2. The average molecular weight is 375 g/mol. The van der Waals surface area contributed by atoms with Gasteiger partial charge in [0.05, 0.1) is 13.2 Å². The third kappa shape index (κ3) is 3.26. The van der Waals surface area contributed by atoms with E-state index >= 15 is 0 Å². The first-order valence-electron chi connectivity index (χ1n) is 8.64. The molecule has 0 atom stereocenters. The summed E-state index contributed by atoms with van der Waals surface area (Å²) in [6.07, 6.45) is 4.46. The predicted molar refractivity (Wildman–Crippen MR) is 99.8 cm³/mol. The monoisotopic (exact) mass is 375 g/mol. The molecule has 0 saturated carbocycles. The van der Waals surface area contributed by atoms with Crippen LogP contribution in [0.15, 0.2) is 11.4 Å². The van der Waals surface area contributed by atoms with E-state index in [-0.39, 0.29) is 0 Å². The van der Waals surface area contributed by atoms with Gasteiger partial charge in [-0.3, -0.25) is 4.79 Å². The summed E-state index contributed by atoms with van der Waals surface area (Å²) in [6, 6.07) is 0. The number of hydrogen-bond acceptors (Lipinski definition) is 9. The molecule has 2 saturated heterocycles. The molecule has 0 aromatic carbocycles. The van der Waals surface area contributed by atoms with Crippen LogP contribution in [0.1, 0.15) is 0 Å². The minimum absolute atomic E-state index is 0.676. The number of carbonyl (C=O) groups is 1. The Morgan fingerprint density at radius 2 is 1.77 bits per heavy atom. The van der Waals surface area contributed by atoms with Gasteiger partial charge in [0, 0.05) is 39.3 Å². The summed E-state index contributed by atoms with van der Waals surface area (Å²) in [6.45, 7) is 5.71. The van der Waals surface area contributed by atoms with Gasteiger partial charge in [0.1, 0.15) is 22.4 Å². The second-order valence-electron chi connectivity index (χ2n) is 6.16. The number of aromatic nitrogens is 4. The van der Waals surface area contributed by atoms with Crippen molar-refractivity contribution in [1.29, 1.82) is 0 Å². The molecule has 0 N–H and O–H groups in total. The van der Waals surface area contributed by atoms with Crippen LogP contribution in [0, 0.1) is 0 Å². The molecule has 0 unspecified atom stereocenters. The summed E-state index contributed by atoms with van der Waals surface area (Å²) in [5.41, 5.74) is 1.56. The van der Waals surface area contributed by atoms with Crippen molar-refractivity contribution in [2.45, 2.75) is 5.03 Å². The number of hydrogen-bond donors (Lipinski definition) is 0. The molecule has 138 valence electrons. The first-order valence-corrected chi connectivity index (χ1v) is 9.86. The molecule has 0 aliphatic carbocycles. The van der Waals surface area contributed by atoms with Crippen molar-refractivity contribution in [3.8, 4) is 0 Å². The fourth-order valence-electron chi connectivity index (χ4n) is 3.21. The van der Waals surface area contributed by atoms with Gasteiger partial charge >= 0.3 is 0 Å². The molecule has 2 aromatic rings. The lowest BCUT2D eigenvalue weighted by Crippen LogP contribution is -2.46. The Hall–Kier alpha value is -2.20. The topological polar surface area (TPSA) is 87.6 Å². The number of ether oxygens (including phenoxy) is 1. The van der Waals surface area contributed by atoms with Crippen molar-refractivity contribution in [2.24, 2.45) is 0 Å². The number of thioether (sulfide) groups is 1. The molecular formula is C16H21N7O2S. The minimum Gasteiger partial charge on any atom is -0.378 e. The highest BCUT2D eigenvalue weighted by Gasteiger charge is 2.24. The van der Waals surface area contributed by atoms with Crippen molar-refractivity contribution in [3.63, 3.8) is 0 Å². The number of amides is 1. The molecule has 2 aliphatic rings. The van der Waals surface area contributed by atoms with E-state index in [0.717, 1.165) is 54.5 Å². The normalized spacial score (nSPS) is 18.4. The van der Waals surface area contributed by atoms with Crippen LogP contribution in [0.3, 0.4) is 0 Å². The van der Waals surface area contributed by atoms with Crippen LogP contribution in [-0.2, 0) is 9.53 Å². The standard InChI is InChI=1S/C16H21N7O2S/c1-26-15-13-12(17-10-18-15)14(22-6-8-25-9-7-22)20-16(19-13)23-4-2-21(11-24)3-5-23/h10-11H,2-9H2,1H3. The maximum Gasteiger partial charge on any atom is 0.228 e. The summed E-state index contributed by atoms with van der Waals surface area (Å²) in [5, 5.41) is 0.847. The van der Waals surface area contributed by atoms with E-state index in [2.05, 4.69) is 19.8 Å². The van der Waals surface area contributed by atoms with Gasteiger partial charge in [0.25, 0.3) is 0 Å². The Balaban J connectivity index is 1.77. The van der Waals surface area contributed by atoms with Crippen molar-refractivity contribution >= 4 is 41.0 Å². The van der Waals surface area contributed by atoms with Gasteiger partial charge in [-0.2, -0.15) is 4.98 Å². The summed E-state index contributed by atoms with van der Waals surface area (Å²) in [7, 11) is 0. The summed E-state index contributed by atoms with van der Waals surface area (Å²) < 4.78 is 5.48. The molecule has 0 bridgehead atoms. The molecule has 4 heterocycles. The Morgan fingerprint density at radius 1 is 1.00 bits per heavy atom. The quantitative estimate of drug-likeness (QED) is 0.424. The average Bonchev–Trinajstić information content (AvgIpc) is 2.73. The first kappa shape index (κ1) is 17.2. The number of rotatable bonds is 4. The Morgan fingerprint density at radius 3 is 2.46 bits per heavy atom. The van der Waals surface area contributed by atoms with Gasteiger partial charge in [0.15, 0.2) is 5.82 Å². The third-order valence-electron chi connectivity index (χ3n) is 4.67. The number of nitrogens with zero attached hydrogens (tertiary/aromatic N) is 7. The third-order valence-corrected chi connectivity index (χ3v) is 5.35. The largest absolute Gasteiger partial charge is 0.378 e. The number of fused-ring (bicyclic) bond motifs is 1. The van der Waals surface area contributed by atoms with Crippen LogP contribution in [0.4, 0.5) is 11.8 Å². The van der Waals surface area contributed by atoms with Crippen LogP contribution >= 0.6 is 11.8 Å². The van der Waals surface area contributed by atoms with Crippen LogP contribution in [0.5, 0.6) is 0 Å². The molecule has 0 radical (unpaired) electrons. The van der Waals surface area contributed by atoms with Crippen molar-refractivity contribution in [2.75, 3.05) is 68.5 Å². The number of piperazine rings is 1. The van der Waals surface area contributed by atoms with Crippen LogP contribution < -0.4 is 9.80 Å². The molecule has 2 aromatic heterocycles. The van der Waals surface area contributed by atoms with E-state index in [1.165, 1.54) is 0 Å². The van der Waals surface area contributed by atoms with Crippen LogP contribution in [0.25, 0.3) is 11.0 Å². The van der Waals surface area contributed by atoms with Gasteiger partial charge in [-0.05, 0) is 6.26 Å². The lowest BCUT2D eigenvalue weighted by Gasteiger charge is -2.34. The van der Waals surface area contributed by atoms with E-state index < -0.39 is 0 Å². The Labute approximate surface area is 155 Å². The van der Waals surface area contributed by atoms with Crippen molar-refractivity contribution < 1.29 is 9.53 Å².